The Hall–Kier alpha value is 0.170. The molecule has 0 aliphatic heterocycles. The van der Waals surface area contributed by atoms with Crippen LogP contribution >= 0.6 is 0 Å². The SMILES string of the molecule is C=CC(=O)OCCCO.[NaH]. The first-order valence-electron chi connectivity index (χ1n) is 2.71. The first-order valence-corrected chi connectivity index (χ1v) is 2.71. The van der Waals surface area contributed by atoms with Gasteiger partial charge in [0.25, 0.3) is 0 Å². The molecular formula is C6H11NaO3. The van der Waals surface area contributed by atoms with Crippen LogP contribution < -0.4 is 0 Å². The molecule has 0 rings (SSSR count). The van der Waals surface area contributed by atoms with Crippen LogP contribution in [-0.2, 0) is 9.53 Å². The third kappa shape index (κ3) is 8.17. The molecule has 0 aliphatic rings. The molecule has 0 unspecified atom stereocenters. The van der Waals surface area contributed by atoms with Crippen LogP contribution in [0.15, 0.2) is 12.7 Å². The van der Waals surface area contributed by atoms with Gasteiger partial charge in [0.15, 0.2) is 0 Å². The zero-order chi connectivity index (χ0) is 7.11. The predicted octanol–water partition coefficient (Wildman–Crippen LogP) is -0.551. The molecule has 0 aromatic carbocycles. The summed E-state index contributed by atoms with van der Waals surface area (Å²) in [6, 6.07) is 0. The van der Waals surface area contributed by atoms with Gasteiger partial charge >= 0.3 is 35.5 Å². The summed E-state index contributed by atoms with van der Waals surface area (Å²) in [5.74, 6) is -0.441. The van der Waals surface area contributed by atoms with Crippen molar-refractivity contribution in [2.24, 2.45) is 0 Å². The molecule has 0 atom stereocenters. The van der Waals surface area contributed by atoms with E-state index in [2.05, 4.69) is 11.3 Å². The van der Waals surface area contributed by atoms with Crippen LogP contribution in [0.5, 0.6) is 0 Å². The summed E-state index contributed by atoms with van der Waals surface area (Å²) in [7, 11) is 0. The van der Waals surface area contributed by atoms with Crippen molar-refractivity contribution in [2.45, 2.75) is 6.42 Å². The van der Waals surface area contributed by atoms with Gasteiger partial charge in [0.1, 0.15) is 0 Å². The van der Waals surface area contributed by atoms with E-state index in [-0.39, 0.29) is 42.8 Å². The summed E-state index contributed by atoms with van der Waals surface area (Å²) in [4.78, 5) is 10.3. The molecule has 0 saturated heterocycles. The van der Waals surface area contributed by atoms with Crippen LogP contribution in [0, 0.1) is 0 Å². The molecule has 0 saturated carbocycles. The summed E-state index contributed by atoms with van der Waals surface area (Å²) in [6.45, 7) is 3.51. The molecule has 0 aromatic heterocycles. The average Bonchev–Trinajstić information content (AvgIpc) is 1.89. The van der Waals surface area contributed by atoms with Gasteiger partial charge in [-0.3, -0.25) is 0 Å². The Balaban J connectivity index is 0. The zero-order valence-corrected chi connectivity index (χ0v) is 5.17. The van der Waals surface area contributed by atoms with Crippen molar-refractivity contribution in [2.75, 3.05) is 13.2 Å². The molecule has 0 bridgehead atoms. The van der Waals surface area contributed by atoms with Gasteiger partial charge in [0, 0.05) is 19.1 Å². The van der Waals surface area contributed by atoms with Gasteiger partial charge in [-0.15, -0.1) is 0 Å². The molecule has 0 heterocycles. The van der Waals surface area contributed by atoms with E-state index in [1.165, 1.54) is 0 Å². The van der Waals surface area contributed by atoms with E-state index in [9.17, 15) is 4.79 Å². The molecular weight excluding hydrogens is 143 g/mol. The molecule has 0 amide bonds. The van der Waals surface area contributed by atoms with E-state index in [0.29, 0.717) is 6.42 Å². The molecule has 54 valence electrons. The summed E-state index contributed by atoms with van der Waals surface area (Å²) < 4.78 is 4.51. The fourth-order valence-electron chi connectivity index (χ4n) is 0.296. The van der Waals surface area contributed by atoms with Crippen LogP contribution in [0.25, 0.3) is 0 Å². The molecule has 3 nitrogen and oxygen atoms in total. The molecule has 1 N–H and O–H groups in total. The predicted molar refractivity (Wildman–Crippen MR) is 40.0 cm³/mol. The first kappa shape index (κ1) is 12.8. The summed E-state index contributed by atoms with van der Waals surface area (Å²) >= 11 is 0. The molecule has 0 spiro atoms. The third-order valence-corrected chi connectivity index (χ3v) is 0.713. The van der Waals surface area contributed by atoms with Gasteiger partial charge in [-0.25, -0.2) is 4.79 Å². The van der Waals surface area contributed by atoms with Crippen molar-refractivity contribution in [3.63, 3.8) is 0 Å². The second kappa shape index (κ2) is 9.17. The van der Waals surface area contributed by atoms with Crippen molar-refractivity contribution in [3.8, 4) is 0 Å². The van der Waals surface area contributed by atoms with Gasteiger partial charge in [-0.1, -0.05) is 6.58 Å². The third-order valence-electron chi connectivity index (χ3n) is 0.713. The van der Waals surface area contributed by atoms with Gasteiger partial charge in [-0.05, 0) is 0 Å². The van der Waals surface area contributed by atoms with Crippen molar-refractivity contribution in [3.05, 3.63) is 12.7 Å². The Morgan fingerprint density at radius 3 is 2.70 bits per heavy atom. The van der Waals surface area contributed by atoms with E-state index in [4.69, 9.17) is 5.11 Å². The van der Waals surface area contributed by atoms with Crippen LogP contribution in [0.3, 0.4) is 0 Å². The number of aliphatic hydroxyl groups excluding tert-OH is 1. The monoisotopic (exact) mass is 154 g/mol. The number of carbonyl (C=O) groups is 1. The maximum atomic E-state index is 10.3. The topological polar surface area (TPSA) is 46.5 Å². The number of hydrogen-bond acceptors (Lipinski definition) is 3. The van der Waals surface area contributed by atoms with E-state index in [0.717, 1.165) is 6.08 Å². The summed E-state index contributed by atoms with van der Waals surface area (Å²) in [6.07, 6.45) is 1.58. The minimum absolute atomic E-state index is 0. The normalized spacial score (nSPS) is 7.70. The Morgan fingerprint density at radius 2 is 2.30 bits per heavy atom. The number of ether oxygens (including phenoxy) is 1. The van der Waals surface area contributed by atoms with E-state index in [1.807, 2.05) is 0 Å². The fourth-order valence-corrected chi connectivity index (χ4v) is 0.296. The number of esters is 1. The van der Waals surface area contributed by atoms with Crippen molar-refractivity contribution >= 4 is 35.5 Å². The Kier molecular flexibility index (Phi) is 11.7. The number of carbonyl (C=O) groups excluding carboxylic acids is 1. The van der Waals surface area contributed by atoms with Crippen LogP contribution in [-0.4, -0.2) is 53.8 Å². The first-order chi connectivity index (χ1) is 4.31. The summed E-state index contributed by atoms with van der Waals surface area (Å²) in [5.41, 5.74) is 0. The number of hydrogen-bond donors (Lipinski definition) is 1. The number of aliphatic hydroxyl groups is 1. The van der Waals surface area contributed by atoms with Crippen LogP contribution in [0.4, 0.5) is 0 Å². The second-order valence-corrected chi connectivity index (χ2v) is 1.45. The number of rotatable bonds is 4. The Labute approximate surface area is 82.4 Å². The molecule has 0 aliphatic carbocycles. The molecule has 0 aromatic rings. The van der Waals surface area contributed by atoms with E-state index in [1.54, 1.807) is 0 Å². The van der Waals surface area contributed by atoms with Gasteiger partial charge in [-0.2, -0.15) is 0 Å². The average molecular weight is 154 g/mol. The molecule has 0 radical (unpaired) electrons. The van der Waals surface area contributed by atoms with E-state index >= 15 is 0 Å². The van der Waals surface area contributed by atoms with Crippen LogP contribution in [0.1, 0.15) is 6.42 Å². The van der Waals surface area contributed by atoms with E-state index < -0.39 is 5.97 Å². The molecule has 0 fully saturated rings. The molecule has 10 heavy (non-hydrogen) atoms. The van der Waals surface area contributed by atoms with Crippen molar-refractivity contribution in [1.29, 1.82) is 0 Å². The fraction of sp³-hybridized carbons (Fsp3) is 0.500. The Bertz CT molecular complexity index is 103. The standard InChI is InChI=1S/C6H10O3.Na.H/c1-2-6(8)9-5-3-4-7;;/h2,7H,1,3-5H2;;. The Morgan fingerprint density at radius 1 is 1.70 bits per heavy atom. The van der Waals surface area contributed by atoms with Crippen molar-refractivity contribution < 1.29 is 14.6 Å². The van der Waals surface area contributed by atoms with Gasteiger partial charge < -0.3 is 9.84 Å². The second-order valence-electron chi connectivity index (χ2n) is 1.45. The summed E-state index contributed by atoms with van der Waals surface area (Å²) in [5, 5.41) is 8.23. The minimum atomic E-state index is -0.441. The maximum absolute atomic E-state index is 10.3. The molecule has 4 heteroatoms. The van der Waals surface area contributed by atoms with Crippen LogP contribution in [0.2, 0.25) is 0 Å². The quantitative estimate of drug-likeness (QED) is 0.256. The zero-order valence-electron chi connectivity index (χ0n) is 5.17. The van der Waals surface area contributed by atoms with Crippen molar-refractivity contribution in [1.82, 2.24) is 0 Å². The van der Waals surface area contributed by atoms with Gasteiger partial charge in [0.2, 0.25) is 0 Å². The van der Waals surface area contributed by atoms with Gasteiger partial charge in [0.05, 0.1) is 6.61 Å².